The molecule has 2 N–H and O–H groups in total. The lowest BCUT2D eigenvalue weighted by atomic mass is 9.94. The summed E-state index contributed by atoms with van der Waals surface area (Å²) in [6.45, 7) is 1.57. The number of aliphatic carboxylic acids is 1. The normalized spacial score (nSPS) is 36.4. The van der Waals surface area contributed by atoms with Crippen molar-refractivity contribution in [2.24, 2.45) is 5.92 Å². The molecule has 1 aliphatic carbocycles. The summed E-state index contributed by atoms with van der Waals surface area (Å²) >= 11 is 0. The van der Waals surface area contributed by atoms with E-state index in [-0.39, 0.29) is 18.1 Å². The molecule has 1 saturated heterocycles. The number of aliphatic hydroxyl groups excluding tert-OH is 1. The first-order chi connectivity index (χ1) is 8.18. The van der Waals surface area contributed by atoms with Crippen molar-refractivity contribution in [3.8, 4) is 0 Å². The first kappa shape index (κ1) is 12.8. The lowest BCUT2D eigenvalue weighted by molar-refractivity contribution is -0.144. The van der Waals surface area contributed by atoms with Crippen LogP contribution in [0.5, 0.6) is 0 Å². The molecule has 17 heavy (non-hydrogen) atoms. The van der Waals surface area contributed by atoms with Crippen molar-refractivity contribution in [3.05, 3.63) is 0 Å². The average molecular weight is 241 g/mol. The van der Waals surface area contributed by atoms with Crippen LogP contribution < -0.4 is 0 Å². The molecule has 4 heteroatoms. The van der Waals surface area contributed by atoms with Crippen molar-refractivity contribution < 1.29 is 15.0 Å². The van der Waals surface area contributed by atoms with Gasteiger partial charge < -0.3 is 10.2 Å². The van der Waals surface area contributed by atoms with E-state index in [0.717, 1.165) is 45.1 Å². The predicted molar refractivity (Wildman–Crippen MR) is 64.8 cm³/mol. The van der Waals surface area contributed by atoms with E-state index < -0.39 is 5.97 Å². The first-order valence-electron chi connectivity index (χ1n) is 6.83. The number of hydrogen-bond donors (Lipinski definition) is 2. The van der Waals surface area contributed by atoms with Crippen molar-refractivity contribution in [2.45, 2.75) is 57.1 Å². The predicted octanol–water partition coefficient (Wildman–Crippen LogP) is 1.48. The zero-order valence-corrected chi connectivity index (χ0v) is 10.3. The van der Waals surface area contributed by atoms with Crippen LogP contribution in [-0.4, -0.2) is 46.3 Å². The number of hydrogen-bond acceptors (Lipinski definition) is 3. The molecule has 0 amide bonds. The summed E-state index contributed by atoms with van der Waals surface area (Å²) in [4.78, 5) is 13.3. The molecule has 0 aromatic carbocycles. The summed E-state index contributed by atoms with van der Waals surface area (Å²) < 4.78 is 0. The van der Waals surface area contributed by atoms with Crippen LogP contribution in [0.25, 0.3) is 0 Å². The third-order valence-corrected chi connectivity index (χ3v) is 4.21. The highest BCUT2D eigenvalue weighted by Crippen LogP contribution is 2.26. The van der Waals surface area contributed by atoms with Crippen molar-refractivity contribution in [1.29, 1.82) is 0 Å². The maximum atomic E-state index is 11.0. The minimum absolute atomic E-state index is 0.194. The van der Waals surface area contributed by atoms with E-state index in [1.54, 1.807) is 0 Å². The molecule has 0 radical (unpaired) electrons. The molecule has 3 unspecified atom stereocenters. The Morgan fingerprint density at radius 3 is 2.59 bits per heavy atom. The van der Waals surface area contributed by atoms with Gasteiger partial charge in [-0.25, -0.2) is 0 Å². The van der Waals surface area contributed by atoms with Gasteiger partial charge in [0.25, 0.3) is 0 Å². The maximum Gasteiger partial charge on any atom is 0.307 e. The molecule has 1 aliphatic heterocycles. The maximum absolute atomic E-state index is 11.0. The zero-order chi connectivity index (χ0) is 12.3. The summed E-state index contributed by atoms with van der Waals surface area (Å²) in [5, 5.41) is 19.2. The summed E-state index contributed by atoms with van der Waals surface area (Å²) in [6, 6.07) is 0.194. The molecular weight excluding hydrogens is 218 g/mol. The van der Waals surface area contributed by atoms with Crippen LogP contribution in [0.3, 0.4) is 0 Å². The fourth-order valence-corrected chi connectivity index (χ4v) is 3.20. The van der Waals surface area contributed by atoms with E-state index >= 15 is 0 Å². The Hall–Kier alpha value is -0.610. The molecule has 2 fully saturated rings. The molecule has 3 atom stereocenters. The SMILES string of the molecule is O=C(O)C1CCCN(C2CCCCCC2O)C1. The fraction of sp³-hybridized carbons (Fsp3) is 0.923. The molecule has 2 aliphatic rings. The quantitative estimate of drug-likeness (QED) is 0.719. The average Bonchev–Trinajstić information content (AvgIpc) is 2.54. The Bertz CT molecular complexity index is 269. The highest BCUT2D eigenvalue weighted by Gasteiger charge is 2.33. The molecule has 4 nitrogen and oxygen atoms in total. The van der Waals surface area contributed by atoms with Gasteiger partial charge >= 0.3 is 5.97 Å². The highest BCUT2D eigenvalue weighted by molar-refractivity contribution is 5.70. The van der Waals surface area contributed by atoms with Gasteiger partial charge in [0.2, 0.25) is 0 Å². The molecule has 0 bridgehead atoms. The van der Waals surface area contributed by atoms with Gasteiger partial charge in [0.1, 0.15) is 0 Å². The van der Waals surface area contributed by atoms with E-state index in [1.807, 2.05) is 0 Å². The number of carboxylic acid groups (broad SMARTS) is 1. The van der Waals surface area contributed by atoms with E-state index in [2.05, 4.69) is 4.90 Å². The van der Waals surface area contributed by atoms with Crippen molar-refractivity contribution in [1.82, 2.24) is 4.90 Å². The Labute approximate surface area is 103 Å². The number of aliphatic hydroxyl groups is 1. The summed E-state index contributed by atoms with van der Waals surface area (Å²) in [5.74, 6) is -0.919. The van der Waals surface area contributed by atoms with Gasteiger partial charge in [0.15, 0.2) is 0 Å². The van der Waals surface area contributed by atoms with Gasteiger partial charge in [0, 0.05) is 12.6 Å². The third-order valence-electron chi connectivity index (χ3n) is 4.21. The van der Waals surface area contributed by atoms with E-state index in [9.17, 15) is 9.90 Å². The molecule has 0 aromatic rings. The highest BCUT2D eigenvalue weighted by atomic mass is 16.4. The van der Waals surface area contributed by atoms with Gasteiger partial charge in [-0.3, -0.25) is 9.69 Å². The van der Waals surface area contributed by atoms with Crippen LogP contribution in [-0.2, 0) is 4.79 Å². The van der Waals surface area contributed by atoms with Crippen LogP contribution in [0.1, 0.15) is 44.9 Å². The number of carboxylic acids is 1. The number of carbonyl (C=O) groups is 1. The van der Waals surface area contributed by atoms with Crippen LogP contribution in [0.4, 0.5) is 0 Å². The molecule has 1 heterocycles. The third kappa shape index (κ3) is 3.19. The monoisotopic (exact) mass is 241 g/mol. The lowest BCUT2D eigenvalue weighted by Gasteiger charge is -2.38. The molecule has 98 valence electrons. The number of rotatable bonds is 2. The summed E-state index contributed by atoms with van der Waals surface area (Å²) in [7, 11) is 0. The Kier molecular flexibility index (Phi) is 4.40. The zero-order valence-electron chi connectivity index (χ0n) is 10.3. The fourth-order valence-electron chi connectivity index (χ4n) is 3.20. The van der Waals surface area contributed by atoms with Gasteiger partial charge in [0.05, 0.1) is 12.0 Å². The minimum Gasteiger partial charge on any atom is -0.481 e. The number of nitrogens with zero attached hydrogens (tertiary/aromatic N) is 1. The summed E-state index contributed by atoms with van der Waals surface area (Å²) in [6.07, 6.45) is 6.83. The van der Waals surface area contributed by atoms with Gasteiger partial charge in [-0.2, -0.15) is 0 Å². The Balaban J connectivity index is 1.97. The van der Waals surface area contributed by atoms with E-state index in [4.69, 9.17) is 5.11 Å². The van der Waals surface area contributed by atoms with Gasteiger partial charge in [-0.1, -0.05) is 19.3 Å². The lowest BCUT2D eigenvalue weighted by Crippen LogP contribution is -2.49. The van der Waals surface area contributed by atoms with Crippen LogP contribution in [0.15, 0.2) is 0 Å². The summed E-state index contributed by atoms with van der Waals surface area (Å²) in [5.41, 5.74) is 0. The Morgan fingerprint density at radius 2 is 1.82 bits per heavy atom. The molecule has 2 rings (SSSR count). The molecular formula is C13H23NO3. The van der Waals surface area contributed by atoms with Gasteiger partial charge in [-0.15, -0.1) is 0 Å². The smallest absolute Gasteiger partial charge is 0.307 e. The largest absolute Gasteiger partial charge is 0.481 e. The van der Waals surface area contributed by atoms with Crippen molar-refractivity contribution in [3.63, 3.8) is 0 Å². The van der Waals surface area contributed by atoms with E-state index in [0.29, 0.717) is 6.54 Å². The van der Waals surface area contributed by atoms with Crippen molar-refractivity contribution in [2.75, 3.05) is 13.1 Å². The molecule has 0 aromatic heterocycles. The molecule has 0 spiro atoms. The Morgan fingerprint density at radius 1 is 1.06 bits per heavy atom. The van der Waals surface area contributed by atoms with Crippen LogP contribution >= 0.6 is 0 Å². The molecule has 1 saturated carbocycles. The van der Waals surface area contributed by atoms with Crippen LogP contribution in [0.2, 0.25) is 0 Å². The van der Waals surface area contributed by atoms with Crippen LogP contribution in [0, 0.1) is 5.92 Å². The van der Waals surface area contributed by atoms with Crippen molar-refractivity contribution >= 4 is 5.97 Å². The number of likely N-dealkylation sites (tertiary alicyclic amines) is 1. The topological polar surface area (TPSA) is 60.8 Å². The van der Waals surface area contributed by atoms with E-state index in [1.165, 1.54) is 6.42 Å². The second-order valence-electron chi connectivity index (χ2n) is 5.45. The van der Waals surface area contributed by atoms with Gasteiger partial charge in [-0.05, 0) is 32.2 Å². The number of piperidine rings is 1. The standard InChI is InChI=1S/C13H23NO3/c15-12-7-3-1-2-6-11(12)14-8-4-5-10(9-14)13(16)17/h10-12,15H,1-9H2,(H,16,17). The first-order valence-corrected chi connectivity index (χ1v) is 6.83. The second-order valence-corrected chi connectivity index (χ2v) is 5.45. The minimum atomic E-state index is -0.683. The second kappa shape index (κ2) is 5.83.